The Kier molecular flexibility index (Phi) is 7.56. The predicted octanol–water partition coefficient (Wildman–Crippen LogP) is 2.80. The van der Waals surface area contributed by atoms with Crippen molar-refractivity contribution in [3.8, 4) is 5.88 Å². The van der Waals surface area contributed by atoms with Gasteiger partial charge in [-0.2, -0.15) is 4.37 Å². The third-order valence-electron chi connectivity index (χ3n) is 3.67. The van der Waals surface area contributed by atoms with E-state index in [-0.39, 0.29) is 23.1 Å². The van der Waals surface area contributed by atoms with E-state index in [1.807, 2.05) is 50.2 Å². The molecule has 1 heterocycles. The van der Waals surface area contributed by atoms with E-state index in [4.69, 9.17) is 4.74 Å². The van der Waals surface area contributed by atoms with Gasteiger partial charge in [0.25, 0.3) is 0 Å². The quantitative estimate of drug-likeness (QED) is 0.567. The Balaban J connectivity index is 1.96. The molecule has 1 aromatic carbocycles. The van der Waals surface area contributed by atoms with Gasteiger partial charge in [0.05, 0.1) is 0 Å². The molecular formula is C18H24N4O4S. The Hall–Kier alpha value is -2.65. The molecule has 0 spiro atoms. The maximum Gasteiger partial charge on any atom is 0.344 e. The number of hydrogen-bond donors (Lipinski definition) is 3. The van der Waals surface area contributed by atoms with Crippen molar-refractivity contribution in [2.45, 2.75) is 20.0 Å². The number of rotatable bonds is 9. The van der Waals surface area contributed by atoms with Gasteiger partial charge in [0, 0.05) is 6.54 Å². The number of ether oxygens (including phenoxy) is 1. The van der Waals surface area contributed by atoms with Gasteiger partial charge in [0.1, 0.15) is 11.6 Å². The molecule has 0 fully saturated rings. The summed E-state index contributed by atoms with van der Waals surface area (Å²) in [4.78, 5) is 25.6. The number of carboxylic acids is 1. The highest BCUT2D eigenvalue weighted by Gasteiger charge is 2.23. The molecule has 146 valence electrons. The van der Waals surface area contributed by atoms with Crippen molar-refractivity contribution in [1.82, 2.24) is 14.6 Å². The topological polar surface area (TPSA) is 104 Å². The lowest BCUT2D eigenvalue weighted by Crippen LogP contribution is -2.31. The number of benzene rings is 1. The molecular weight excluding hydrogens is 368 g/mol. The monoisotopic (exact) mass is 392 g/mol. The molecule has 2 amide bonds. The minimum absolute atomic E-state index is 0.00372. The number of hydrogen-bond acceptors (Lipinski definition) is 6. The van der Waals surface area contributed by atoms with E-state index >= 15 is 0 Å². The molecule has 0 unspecified atom stereocenters. The van der Waals surface area contributed by atoms with Gasteiger partial charge in [0.2, 0.25) is 5.88 Å². The molecule has 0 saturated carbocycles. The summed E-state index contributed by atoms with van der Waals surface area (Å²) in [5, 5.41) is 14.8. The van der Waals surface area contributed by atoms with Crippen molar-refractivity contribution < 1.29 is 19.4 Å². The van der Waals surface area contributed by atoms with E-state index in [1.54, 1.807) is 0 Å². The predicted molar refractivity (Wildman–Crippen MR) is 105 cm³/mol. The van der Waals surface area contributed by atoms with Crippen LogP contribution >= 0.6 is 11.5 Å². The number of aryl methyl sites for hydroxylation is 1. The lowest BCUT2D eigenvalue weighted by molar-refractivity contribution is 0.0693. The molecule has 2 rings (SSSR count). The highest BCUT2D eigenvalue weighted by Crippen LogP contribution is 2.31. The lowest BCUT2D eigenvalue weighted by atomic mass is 10.2. The zero-order valence-corrected chi connectivity index (χ0v) is 16.4. The Morgan fingerprint density at radius 1 is 1.26 bits per heavy atom. The number of carboxylic acid groups (broad SMARTS) is 1. The molecule has 8 nitrogen and oxygen atoms in total. The van der Waals surface area contributed by atoms with Crippen molar-refractivity contribution in [1.29, 1.82) is 0 Å². The average molecular weight is 392 g/mol. The minimum Gasteiger partial charge on any atom is -0.477 e. The number of urea groups is 1. The Bertz CT molecular complexity index is 774. The zero-order valence-electron chi connectivity index (χ0n) is 15.6. The summed E-state index contributed by atoms with van der Waals surface area (Å²) in [6.45, 7) is 3.51. The summed E-state index contributed by atoms with van der Waals surface area (Å²) in [5.41, 5.74) is 1.88. The molecule has 27 heavy (non-hydrogen) atoms. The molecule has 0 atom stereocenters. The second kappa shape index (κ2) is 9.89. The van der Waals surface area contributed by atoms with Crippen molar-refractivity contribution in [2.24, 2.45) is 0 Å². The summed E-state index contributed by atoms with van der Waals surface area (Å²) in [7, 11) is 3.91. The average Bonchev–Trinajstić information content (AvgIpc) is 3.01. The number of amides is 2. The van der Waals surface area contributed by atoms with Crippen LogP contribution in [0, 0.1) is 6.92 Å². The summed E-state index contributed by atoms with van der Waals surface area (Å²) in [5.74, 6) is -1.21. The second-order valence-corrected chi connectivity index (χ2v) is 7.08. The number of nitrogens with zero attached hydrogens (tertiary/aromatic N) is 2. The number of nitrogens with one attached hydrogen (secondary N) is 2. The third kappa shape index (κ3) is 6.54. The van der Waals surface area contributed by atoms with E-state index in [2.05, 4.69) is 15.0 Å². The van der Waals surface area contributed by atoms with Gasteiger partial charge in [0.15, 0.2) is 5.56 Å². The first-order valence-corrected chi connectivity index (χ1v) is 9.25. The first-order chi connectivity index (χ1) is 12.9. The molecule has 0 saturated heterocycles. The van der Waals surface area contributed by atoms with E-state index in [0.717, 1.165) is 35.6 Å². The van der Waals surface area contributed by atoms with Crippen LogP contribution in [0.2, 0.25) is 0 Å². The summed E-state index contributed by atoms with van der Waals surface area (Å²) in [6, 6.07) is 7.24. The molecule has 1 aromatic heterocycles. The number of carbonyl (C=O) groups is 2. The summed E-state index contributed by atoms with van der Waals surface area (Å²) < 4.78 is 9.58. The van der Waals surface area contributed by atoms with Gasteiger partial charge in [-0.3, -0.25) is 5.32 Å². The lowest BCUT2D eigenvalue weighted by Gasteiger charge is -2.10. The smallest absolute Gasteiger partial charge is 0.344 e. The normalized spacial score (nSPS) is 10.7. The molecule has 3 N–H and O–H groups in total. The summed E-state index contributed by atoms with van der Waals surface area (Å²) >= 11 is 0.879. The van der Waals surface area contributed by atoms with Crippen LogP contribution in [0.4, 0.5) is 9.80 Å². The largest absolute Gasteiger partial charge is 0.477 e. The number of aromatic carboxylic acids is 1. The number of aromatic nitrogens is 1. The van der Waals surface area contributed by atoms with Crippen LogP contribution in [0.1, 0.15) is 27.9 Å². The highest BCUT2D eigenvalue weighted by atomic mass is 32.1. The van der Waals surface area contributed by atoms with Crippen LogP contribution in [0.25, 0.3) is 0 Å². The fraction of sp³-hybridized carbons (Fsp3) is 0.389. The van der Waals surface area contributed by atoms with E-state index in [9.17, 15) is 14.7 Å². The van der Waals surface area contributed by atoms with Gasteiger partial charge in [-0.25, -0.2) is 9.59 Å². The zero-order chi connectivity index (χ0) is 19.8. The van der Waals surface area contributed by atoms with E-state index in [1.165, 1.54) is 0 Å². The van der Waals surface area contributed by atoms with Crippen LogP contribution in [0.5, 0.6) is 5.88 Å². The number of anilines is 1. The molecule has 0 aliphatic heterocycles. The van der Waals surface area contributed by atoms with Gasteiger partial charge in [-0.05, 0) is 51.1 Å². The van der Waals surface area contributed by atoms with Gasteiger partial charge >= 0.3 is 12.0 Å². The fourth-order valence-corrected chi connectivity index (χ4v) is 2.95. The molecule has 2 aromatic rings. The Morgan fingerprint density at radius 2 is 1.96 bits per heavy atom. The number of carbonyl (C=O) groups excluding carboxylic acids is 1. The van der Waals surface area contributed by atoms with Crippen LogP contribution in [0.15, 0.2) is 24.3 Å². The minimum atomic E-state index is -1.20. The van der Waals surface area contributed by atoms with E-state index < -0.39 is 12.0 Å². The van der Waals surface area contributed by atoms with Gasteiger partial charge < -0.3 is 20.1 Å². The summed E-state index contributed by atoms with van der Waals surface area (Å²) in [6.07, 6.45) is 0.791. The van der Waals surface area contributed by atoms with Crippen molar-refractivity contribution >= 4 is 28.5 Å². The van der Waals surface area contributed by atoms with Crippen LogP contribution in [-0.4, -0.2) is 53.6 Å². The third-order valence-corrected chi connectivity index (χ3v) is 4.41. The first-order valence-electron chi connectivity index (χ1n) is 8.47. The Labute approximate surface area is 162 Å². The van der Waals surface area contributed by atoms with Crippen molar-refractivity contribution in [3.05, 3.63) is 41.0 Å². The highest BCUT2D eigenvalue weighted by molar-refractivity contribution is 7.11. The molecule has 0 aliphatic carbocycles. The maximum atomic E-state index is 12.0. The molecule has 0 radical (unpaired) electrons. The molecule has 0 bridgehead atoms. The first kappa shape index (κ1) is 20.7. The molecule has 0 aliphatic rings. The van der Waals surface area contributed by atoms with Crippen molar-refractivity contribution in [3.63, 3.8) is 0 Å². The standard InChI is InChI=1S/C18H24N4O4S/c1-12-5-7-13(8-6-12)11-26-15-14(17(23)24)16(27-21-15)20-18(25)19-9-4-10-22(2)3/h5-8H,4,9-11H2,1-3H3,(H,23,24)(H2,19,20,25). The fourth-order valence-electron chi connectivity index (χ4n) is 2.23. The SMILES string of the molecule is Cc1ccc(COc2nsc(NC(=O)NCCCN(C)C)c2C(=O)O)cc1. The van der Waals surface area contributed by atoms with Crippen LogP contribution in [-0.2, 0) is 6.61 Å². The van der Waals surface area contributed by atoms with Crippen LogP contribution in [0.3, 0.4) is 0 Å². The van der Waals surface area contributed by atoms with Gasteiger partial charge in [-0.15, -0.1) is 0 Å². The Morgan fingerprint density at radius 3 is 2.59 bits per heavy atom. The van der Waals surface area contributed by atoms with Crippen molar-refractivity contribution in [2.75, 3.05) is 32.5 Å². The second-order valence-electron chi connectivity index (χ2n) is 6.31. The van der Waals surface area contributed by atoms with Gasteiger partial charge in [-0.1, -0.05) is 29.8 Å². The van der Waals surface area contributed by atoms with E-state index in [0.29, 0.717) is 6.54 Å². The molecule has 9 heteroatoms. The van der Waals surface area contributed by atoms with Crippen LogP contribution < -0.4 is 15.4 Å². The maximum absolute atomic E-state index is 12.0.